The van der Waals surface area contributed by atoms with Crippen molar-refractivity contribution in [2.45, 2.75) is 62.7 Å². The highest BCUT2D eigenvalue weighted by Crippen LogP contribution is 2.20. The van der Waals surface area contributed by atoms with Gasteiger partial charge in [-0.05, 0) is 69.1 Å². The van der Waals surface area contributed by atoms with Crippen molar-refractivity contribution < 1.29 is 24.3 Å². The predicted molar refractivity (Wildman–Crippen MR) is 123 cm³/mol. The summed E-state index contributed by atoms with van der Waals surface area (Å²) >= 11 is 3.13. The average molecular weight is 475 g/mol. The SMILES string of the molecule is CSCCC(NC(=O)C1CCCN1)C(=O)NC(CCSC)C(=O)N1CCCC1C(=O)O. The molecule has 2 fully saturated rings. The van der Waals surface area contributed by atoms with Gasteiger partial charge < -0.3 is 26.0 Å². The first kappa shape index (κ1) is 25.8. The van der Waals surface area contributed by atoms with E-state index in [1.807, 2.05) is 12.5 Å². The first-order chi connectivity index (χ1) is 14.9. The molecule has 0 aromatic rings. The highest BCUT2D eigenvalue weighted by molar-refractivity contribution is 7.98. The number of carbonyl (C=O) groups excluding carboxylic acids is 3. The second kappa shape index (κ2) is 13.2. The number of carboxylic acid groups (broad SMARTS) is 1. The van der Waals surface area contributed by atoms with Crippen LogP contribution in [-0.2, 0) is 19.2 Å². The number of amides is 3. The molecule has 0 spiro atoms. The van der Waals surface area contributed by atoms with Crippen LogP contribution in [0.2, 0.25) is 0 Å². The second-order valence-electron chi connectivity index (χ2n) is 7.86. The Balaban J connectivity index is 2.07. The number of carbonyl (C=O) groups is 4. The highest BCUT2D eigenvalue weighted by atomic mass is 32.2. The molecule has 4 atom stereocenters. The average Bonchev–Trinajstić information content (AvgIpc) is 3.45. The lowest BCUT2D eigenvalue weighted by atomic mass is 10.1. The summed E-state index contributed by atoms with van der Waals surface area (Å²) in [6, 6.07) is -2.68. The molecule has 0 bridgehead atoms. The molecular formula is C20H34N4O5S2. The summed E-state index contributed by atoms with van der Waals surface area (Å²) in [5, 5.41) is 18.2. The van der Waals surface area contributed by atoms with Gasteiger partial charge in [-0.2, -0.15) is 23.5 Å². The minimum absolute atomic E-state index is 0.198. The Morgan fingerprint density at radius 2 is 1.71 bits per heavy atom. The van der Waals surface area contributed by atoms with Crippen LogP contribution in [-0.4, -0.2) is 95.0 Å². The van der Waals surface area contributed by atoms with Gasteiger partial charge in [0.2, 0.25) is 17.7 Å². The number of hydrogen-bond donors (Lipinski definition) is 4. The summed E-state index contributed by atoms with van der Waals surface area (Å²) in [4.78, 5) is 51.6. The molecule has 0 saturated carbocycles. The van der Waals surface area contributed by atoms with E-state index >= 15 is 0 Å². The third-order valence-electron chi connectivity index (χ3n) is 5.67. The molecule has 4 unspecified atom stereocenters. The fourth-order valence-corrected chi connectivity index (χ4v) is 4.88. The first-order valence-corrected chi connectivity index (χ1v) is 13.5. The predicted octanol–water partition coefficient (Wildman–Crippen LogP) is 0.290. The normalized spacial score (nSPS) is 22.7. The van der Waals surface area contributed by atoms with Gasteiger partial charge in [-0.3, -0.25) is 14.4 Å². The zero-order valence-electron chi connectivity index (χ0n) is 18.2. The maximum Gasteiger partial charge on any atom is 0.326 e. The first-order valence-electron chi connectivity index (χ1n) is 10.7. The third kappa shape index (κ3) is 7.57. The van der Waals surface area contributed by atoms with Crippen molar-refractivity contribution in [1.29, 1.82) is 0 Å². The van der Waals surface area contributed by atoms with Crippen molar-refractivity contribution in [3.63, 3.8) is 0 Å². The van der Waals surface area contributed by atoms with Crippen LogP contribution in [0.4, 0.5) is 0 Å². The standard InChI is InChI=1S/C20H34N4O5S2/c1-30-11-7-14(22-17(25)13-5-3-9-21-13)18(26)23-15(8-12-31-2)19(27)24-10-4-6-16(24)20(28)29/h13-16,21H,3-12H2,1-2H3,(H,22,25)(H,23,26)(H,28,29). The van der Waals surface area contributed by atoms with Crippen molar-refractivity contribution in [3.8, 4) is 0 Å². The van der Waals surface area contributed by atoms with Gasteiger partial charge in [0.05, 0.1) is 6.04 Å². The lowest BCUT2D eigenvalue weighted by molar-refractivity contribution is -0.149. The zero-order chi connectivity index (χ0) is 22.8. The van der Waals surface area contributed by atoms with E-state index in [2.05, 4.69) is 16.0 Å². The summed E-state index contributed by atoms with van der Waals surface area (Å²) in [6.45, 7) is 1.16. The molecule has 176 valence electrons. The molecule has 11 heteroatoms. The van der Waals surface area contributed by atoms with Crippen LogP contribution < -0.4 is 16.0 Å². The van der Waals surface area contributed by atoms with E-state index in [4.69, 9.17) is 0 Å². The molecule has 2 heterocycles. The summed E-state index contributed by atoms with van der Waals surface area (Å²) in [7, 11) is 0. The summed E-state index contributed by atoms with van der Waals surface area (Å²) < 4.78 is 0. The number of nitrogens with zero attached hydrogens (tertiary/aromatic N) is 1. The highest BCUT2D eigenvalue weighted by Gasteiger charge is 2.38. The molecule has 0 aromatic carbocycles. The van der Waals surface area contributed by atoms with E-state index in [1.54, 1.807) is 23.5 Å². The van der Waals surface area contributed by atoms with E-state index in [9.17, 15) is 24.3 Å². The van der Waals surface area contributed by atoms with Crippen LogP contribution in [0, 0.1) is 0 Å². The fraction of sp³-hybridized carbons (Fsp3) is 0.800. The topological polar surface area (TPSA) is 128 Å². The maximum atomic E-state index is 13.1. The van der Waals surface area contributed by atoms with Gasteiger partial charge >= 0.3 is 5.97 Å². The second-order valence-corrected chi connectivity index (χ2v) is 9.83. The number of aliphatic carboxylic acids is 1. The summed E-state index contributed by atoms with van der Waals surface area (Å²) in [5.41, 5.74) is 0. The van der Waals surface area contributed by atoms with E-state index in [0.29, 0.717) is 43.7 Å². The number of likely N-dealkylation sites (tertiary alicyclic amines) is 1. The quantitative estimate of drug-likeness (QED) is 0.318. The molecule has 2 aliphatic heterocycles. The van der Waals surface area contributed by atoms with Crippen LogP contribution in [0.3, 0.4) is 0 Å². The molecule has 0 aromatic heterocycles. The minimum atomic E-state index is -1.02. The van der Waals surface area contributed by atoms with Crippen molar-refractivity contribution >= 4 is 47.2 Å². The van der Waals surface area contributed by atoms with Crippen LogP contribution in [0.1, 0.15) is 38.5 Å². The number of rotatable bonds is 12. The van der Waals surface area contributed by atoms with Crippen molar-refractivity contribution in [1.82, 2.24) is 20.9 Å². The van der Waals surface area contributed by atoms with E-state index in [0.717, 1.165) is 19.4 Å². The van der Waals surface area contributed by atoms with E-state index < -0.39 is 30.0 Å². The van der Waals surface area contributed by atoms with Crippen molar-refractivity contribution in [3.05, 3.63) is 0 Å². The lowest BCUT2D eigenvalue weighted by Gasteiger charge is -2.29. The molecule has 4 N–H and O–H groups in total. The molecule has 0 radical (unpaired) electrons. The molecule has 3 amide bonds. The number of thioether (sulfide) groups is 2. The molecule has 0 aliphatic carbocycles. The number of carboxylic acids is 1. The van der Waals surface area contributed by atoms with Crippen LogP contribution in [0.5, 0.6) is 0 Å². The van der Waals surface area contributed by atoms with E-state index in [-0.39, 0.29) is 17.9 Å². The van der Waals surface area contributed by atoms with Crippen LogP contribution in [0.25, 0.3) is 0 Å². The molecule has 2 aliphatic rings. The molecule has 2 saturated heterocycles. The lowest BCUT2D eigenvalue weighted by Crippen LogP contribution is -2.57. The smallest absolute Gasteiger partial charge is 0.326 e. The van der Waals surface area contributed by atoms with Gasteiger partial charge in [-0.1, -0.05) is 0 Å². The van der Waals surface area contributed by atoms with Crippen LogP contribution in [0.15, 0.2) is 0 Å². The van der Waals surface area contributed by atoms with Crippen molar-refractivity contribution in [2.75, 3.05) is 37.1 Å². The van der Waals surface area contributed by atoms with E-state index in [1.165, 1.54) is 4.90 Å². The number of hydrogen-bond acceptors (Lipinski definition) is 7. The Kier molecular flexibility index (Phi) is 11.0. The largest absolute Gasteiger partial charge is 0.480 e. The molecule has 2 rings (SSSR count). The zero-order valence-corrected chi connectivity index (χ0v) is 19.9. The Bertz CT molecular complexity index is 645. The Hall–Kier alpha value is -1.46. The fourth-order valence-electron chi connectivity index (χ4n) is 3.94. The summed E-state index contributed by atoms with van der Waals surface area (Å²) in [5.74, 6) is -0.639. The molecule has 9 nitrogen and oxygen atoms in total. The van der Waals surface area contributed by atoms with Gasteiger partial charge in [0.25, 0.3) is 0 Å². The Morgan fingerprint density at radius 1 is 1.03 bits per heavy atom. The number of nitrogens with one attached hydrogen (secondary N) is 3. The third-order valence-corrected chi connectivity index (χ3v) is 6.95. The maximum absolute atomic E-state index is 13.1. The van der Waals surface area contributed by atoms with Gasteiger partial charge in [-0.25, -0.2) is 4.79 Å². The van der Waals surface area contributed by atoms with Gasteiger partial charge in [0.15, 0.2) is 0 Å². The van der Waals surface area contributed by atoms with Gasteiger partial charge in [0, 0.05) is 6.54 Å². The molecular weight excluding hydrogens is 440 g/mol. The van der Waals surface area contributed by atoms with Gasteiger partial charge in [0.1, 0.15) is 18.1 Å². The van der Waals surface area contributed by atoms with Gasteiger partial charge in [-0.15, -0.1) is 0 Å². The Morgan fingerprint density at radius 3 is 2.29 bits per heavy atom. The molecule has 31 heavy (non-hydrogen) atoms. The minimum Gasteiger partial charge on any atom is -0.480 e. The van der Waals surface area contributed by atoms with Crippen LogP contribution >= 0.6 is 23.5 Å². The Labute approximate surface area is 192 Å². The summed E-state index contributed by atoms with van der Waals surface area (Å²) in [6.07, 6.45) is 7.42. The monoisotopic (exact) mass is 474 g/mol. The van der Waals surface area contributed by atoms with Crippen molar-refractivity contribution in [2.24, 2.45) is 0 Å².